The predicted octanol–water partition coefficient (Wildman–Crippen LogP) is 5.54. The van der Waals surface area contributed by atoms with Crippen molar-refractivity contribution in [1.82, 2.24) is 9.21 Å². The molecule has 228 valence electrons. The Morgan fingerprint density at radius 2 is 1.56 bits per heavy atom. The van der Waals surface area contributed by atoms with Crippen LogP contribution in [0.2, 0.25) is 5.02 Å². The van der Waals surface area contributed by atoms with E-state index in [-0.39, 0.29) is 47.6 Å². The highest BCUT2D eigenvalue weighted by atomic mass is 35.5. The van der Waals surface area contributed by atoms with Crippen LogP contribution in [0.3, 0.4) is 0 Å². The van der Waals surface area contributed by atoms with Gasteiger partial charge in [-0.25, -0.2) is 8.42 Å². The molecular formula is C33H39ClN4O4S. The summed E-state index contributed by atoms with van der Waals surface area (Å²) in [7, 11) is -3.98. The molecule has 1 aliphatic carbocycles. The molecule has 4 fully saturated rings. The molecule has 3 heterocycles. The average molecular weight is 623 g/mol. The molecule has 3 aromatic carbocycles. The third-order valence-electron chi connectivity index (χ3n) is 9.77. The summed E-state index contributed by atoms with van der Waals surface area (Å²) in [6, 6.07) is 17.6. The van der Waals surface area contributed by atoms with E-state index in [1.165, 1.54) is 17.1 Å². The Bertz CT molecular complexity index is 1600. The van der Waals surface area contributed by atoms with E-state index < -0.39 is 16.1 Å². The van der Waals surface area contributed by atoms with Gasteiger partial charge in [-0.05, 0) is 117 Å². The predicted molar refractivity (Wildman–Crippen MR) is 169 cm³/mol. The topological polar surface area (TPSA) is 105 Å². The van der Waals surface area contributed by atoms with Crippen LogP contribution in [0, 0.1) is 0 Å². The van der Waals surface area contributed by atoms with Gasteiger partial charge in [0.05, 0.1) is 11.0 Å². The zero-order valence-electron chi connectivity index (χ0n) is 24.2. The number of ether oxygens (including phenoxy) is 1. The van der Waals surface area contributed by atoms with Gasteiger partial charge in [-0.2, -0.15) is 4.31 Å². The lowest BCUT2D eigenvalue weighted by Gasteiger charge is -2.40. The molecule has 3 N–H and O–H groups in total. The minimum absolute atomic E-state index is 0.0791. The zero-order chi connectivity index (χ0) is 29.7. The molecule has 2 unspecified atom stereocenters. The van der Waals surface area contributed by atoms with E-state index in [9.17, 15) is 13.2 Å². The van der Waals surface area contributed by atoms with Crippen molar-refractivity contribution in [2.45, 2.75) is 99.0 Å². The van der Waals surface area contributed by atoms with Crippen LogP contribution >= 0.6 is 11.6 Å². The van der Waals surface area contributed by atoms with Gasteiger partial charge >= 0.3 is 0 Å². The Balaban J connectivity index is 1.17. The number of sulfonamides is 1. The first-order chi connectivity index (χ1) is 20.7. The fourth-order valence-corrected chi connectivity index (χ4v) is 9.50. The Kier molecular flexibility index (Phi) is 7.78. The van der Waals surface area contributed by atoms with Crippen molar-refractivity contribution in [2.75, 3.05) is 11.9 Å². The molecule has 1 saturated carbocycles. The van der Waals surface area contributed by atoms with E-state index in [1.807, 2.05) is 41.3 Å². The number of fused-ring (bicyclic) bond motifs is 3. The van der Waals surface area contributed by atoms with Gasteiger partial charge < -0.3 is 20.7 Å². The first-order valence-electron chi connectivity index (χ1n) is 15.6. The third-order valence-corrected chi connectivity index (χ3v) is 11.9. The van der Waals surface area contributed by atoms with E-state index in [0.29, 0.717) is 11.4 Å². The normalized spacial score (nSPS) is 28.0. The summed E-state index contributed by atoms with van der Waals surface area (Å²) >= 11 is 6.08. The van der Waals surface area contributed by atoms with Gasteiger partial charge in [0.2, 0.25) is 15.9 Å². The first-order valence-corrected chi connectivity index (χ1v) is 17.4. The van der Waals surface area contributed by atoms with Crippen LogP contribution in [-0.2, 0) is 14.8 Å². The molecular weight excluding hydrogens is 584 g/mol. The summed E-state index contributed by atoms with van der Waals surface area (Å²) < 4.78 is 36.2. The van der Waals surface area contributed by atoms with E-state index in [4.69, 9.17) is 22.1 Å². The smallest absolute Gasteiger partial charge is 0.243 e. The fraction of sp³-hybridized carbons (Fsp3) is 0.485. The van der Waals surface area contributed by atoms with E-state index in [2.05, 4.69) is 5.32 Å². The molecule has 4 aliphatic rings. The second kappa shape index (κ2) is 11.6. The lowest BCUT2D eigenvalue weighted by Crippen LogP contribution is -2.55. The monoisotopic (exact) mass is 622 g/mol. The van der Waals surface area contributed by atoms with Crippen LogP contribution < -0.4 is 15.8 Å². The van der Waals surface area contributed by atoms with Crippen LogP contribution in [0.5, 0.6) is 5.75 Å². The average Bonchev–Trinajstić information content (AvgIpc) is 3.72. The number of hydrogen-bond acceptors (Lipinski definition) is 6. The summed E-state index contributed by atoms with van der Waals surface area (Å²) in [5.74, 6) is 0.713. The number of nitrogens with one attached hydrogen (secondary N) is 1. The second-order valence-electron chi connectivity index (χ2n) is 12.7. The second-order valence-corrected chi connectivity index (χ2v) is 15.1. The number of benzene rings is 3. The molecule has 43 heavy (non-hydrogen) atoms. The van der Waals surface area contributed by atoms with Crippen molar-refractivity contribution in [3.05, 3.63) is 65.7 Å². The maximum atomic E-state index is 14.3. The number of anilines is 1. The Morgan fingerprint density at radius 1 is 0.884 bits per heavy atom. The van der Waals surface area contributed by atoms with Gasteiger partial charge in [0.15, 0.2) is 0 Å². The molecule has 2 bridgehead atoms. The first kappa shape index (κ1) is 28.9. The lowest BCUT2D eigenvalue weighted by molar-refractivity contribution is -0.139. The van der Waals surface area contributed by atoms with Crippen molar-refractivity contribution < 1.29 is 17.9 Å². The number of amides is 1. The summed E-state index contributed by atoms with van der Waals surface area (Å²) in [4.78, 5) is 16.4. The molecule has 4 atom stereocenters. The minimum Gasteiger partial charge on any atom is -0.490 e. The highest BCUT2D eigenvalue weighted by Gasteiger charge is 2.50. The molecule has 10 heteroatoms. The summed E-state index contributed by atoms with van der Waals surface area (Å²) in [5, 5.41) is 5.82. The minimum atomic E-state index is -3.98. The fourth-order valence-electron chi connectivity index (χ4n) is 7.70. The van der Waals surface area contributed by atoms with E-state index in [0.717, 1.165) is 60.7 Å². The number of piperidine rings is 1. The molecule has 0 aromatic heterocycles. The van der Waals surface area contributed by atoms with E-state index >= 15 is 0 Å². The highest BCUT2D eigenvalue weighted by Crippen LogP contribution is 2.39. The van der Waals surface area contributed by atoms with Crippen molar-refractivity contribution in [2.24, 2.45) is 5.73 Å². The summed E-state index contributed by atoms with van der Waals surface area (Å²) in [5.41, 5.74) is 7.12. The molecule has 0 radical (unpaired) electrons. The maximum absolute atomic E-state index is 14.3. The van der Waals surface area contributed by atoms with Gasteiger partial charge in [0.1, 0.15) is 11.8 Å². The van der Waals surface area contributed by atoms with Crippen molar-refractivity contribution in [3.63, 3.8) is 0 Å². The van der Waals surface area contributed by atoms with Crippen LogP contribution in [0.4, 0.5) is 5.69 Å². The Morgan fingerprint density at radius 3 is 2.28 bits per heavy atom. The molecule has 0 spiro atoms. The van der Waals surface area contributed by atoms with Gasteiger partial charge in [-0.15, -0.1) is 0 Å². The van der Waals surface area contributed by atoms with Crippen molar-refractivity contribution in [1.29, 1.82) is 0 Å². The van der Waals surface area contributed by atoms with Crippen LogP contribution in [0.1, 0.15) is 57.8 Å². The molecule has 3 aromatic rings. The molecule has 1 amide bonds. The largest absolute Gasteiger partial charge is 0.490 e. The molecule has 3 saturated heterocycles. The summed E-state index contributed by atoms with van der Waals surface area (Å²) in [6.45, 7) is 0.191. The molecule has 3 aliphatic heterocycles. The van der Waals surface area contributed by atoms with Crippen LogP contribution in [0.15, 0.2) is 65.6 Å². The SMILES string of the molecule is NC1CC2CCC(C1)N2C(=O)[C@@H]1C[C@@H](Nc2ccc(Cl)cc2)CN1S(=O)(=O)c1ccc2cc(OC3CCCC3)ccc2c1. The number of halogens is 1. The number of carbonyl (C=O) groups is 1. The van der Waals surface area contributed by atoms with Crippen molar-refractivity contribution in [3.8, 4) is 5.75 Å². The van der Waals surface area contributed by atoms with Gasteiger partial charge in [0, 0.05) is 41.4 Å². The Hall–Kier alpha value is -2.85. The van der Waals surface area contributed by atoms with Gasteiger partial charge in [-0.3, -0.25) is 4.79 Å². The number of carbonyl (C=O) groups excluding carboxylic acids is 1. The molecule has 8 nitrogen and oxygen atoms in total. The Labute approximate surface area is 258 Å². The van der Waals surface area contributed by atoms with Gasteiger partial charge in [0.25, 0.3) is 0 Å². The lowest BCUT2D eigenvalue weighted by atomic mass is 9.97. The third kappa shape index (κ3) is 5.72. The maximum Gasteiger partial charge on any atom is 0.243 e. The number of nitrogens with zero attached hydrogens (tertiary/aromatic N) is 2. The quantitative estimate of drug-likeness (QED) is 0.359. The summed E-state index contributed by atoms with van der Waals surface area (Å²) in [6.07, 6.45) is 8.57. The van der Waals surface area contributed by atoms with Crippen molar-refractivity contribution >= 4 is 44.0 Å². The zero-order valence-corrected chi connectivity index (χ0v) is 25.8. The molecule has 7 rings (SSSR count). The highest BCUT2D eigenvalue weighted by molar-refractivity contribution is 7.89. The van der Waals surface area contributed by atoms with Crippen LogP contribution in [0.25, 0.3) is 10.8 Å². The number of rotatable bonds is 7. The van der Waals surface area contributed by atoms with E-state index in [1.54, 1.807) is 24.3 Å². The van der Waals surface area contributed by atoms with Crippen LogP contribution in [-0.4, -0.2) is 66.4 Å². The van der Waals surface area contributed by atoms with Gasteiger partial charge in [-0.1, -0.05) is 23.7 Å². The standard InChI is InChI=1S/C33H39ClN4O4S/c34-23-7-9-25(10-8-23)36-26-19-32(33(39)38-27-11-12-28(38)18-24(35)17-27)37(20-26)43(40,41)31-14-6-21-15-30(13-5-22(21)16-31)42-29-3-1-2-4-29/h5-10,13-16,24,26-29,32,36H,1-4,11-12,17-20,35H2/t24?,26-,27?,28?,32+/m1/s1. The number of hydrogen-bond donors (Lipinski definition) is 2. The number of nitrogens with two attached hydrogens (primary N) is 1.